The third-order valence-corrected chi connectivity index (χ3v) is 5.12. The third-order valence-electron chi connectivity index (χ3n) is 5.12. The fourth-order valence-corrected chi connectivity index (χ4v) is 3.40. The van der Waals surface area contributed by atoms with Gasteiger partial charge in [0.1, 0.15) is 0 Å². The maximum Gasteiger partial charge on any atom is 0.232 e. The molecule has 1 aliphatic rings. The van der Waals surface area contributed by atoms with Crippen LogP contribution >= 0.6 is 0 Å². The molecule has 7 nitrogen and oxygen atoms in total. The topological polar surface area (TPSA) is 79.8 Å². The average molecular weight is 352 g/mol. The van der Waals surface area contributed by atoms with Crippen LogP contribution in [-0.2, 0) is 0 Å². The molecule has 1 fully saturated rings. The predicted octanol–water partition coefficient (Wildman–Crippen LogP) is 2.83. The van der Waals surface area contributed by atoms with Crippen LogP contribution in [0.3, 0.4) is 0 Å². The summed E-state index contributed by atoms with van der Waals surface area (Å²) in [5.74, 6) is 1.32. The van der Waals surface area contributed by atoms with Crippen molar-refractivity contribution >= 4 is 11.0 Å². The predicted molar refractivity (Wildman–Crippen MR) is 100.0 cm³/mol. The van der Waals surface area contributed by atoms with Crippen LogP contribution in [-0.4, -0.2) is 56.8 Å². The summed E-state index contributed by atoms with van der Waals surface area (Å²) >= 11 is 0. The number of fused-ring (bicyclic) bond motifs is 1. The number of aryl methyl sites for hydroxylation is 1. The lowest BCUT2D eigenvalue weighted by Crippen LogP contribution is -2.30. The van der Waals surface area contributed by atoms with Gasteiger partial charge in [0.05, 0.1) is 24.7 Å². The van der Waals surface area contributed by atoms with Gasteiger partial charge in [-0.2, -0.15) is 5.10 Å². The van der Waals surface area contributed by atoms with E-state index < -0.39 is 0 Å². The van der Waals surface area contributed by atoms with Crippen LogP contribution in [0.5, 0.6) is 5.88 Å². The molecule has 0 bridgehead atoms. The van der Waals surface area contributed by atoms with Crippen LogP contribution in [0, 0.1) is 12.8 Å². The molecule has 0 aliphatic carbocycles. The van der Waals surface area contributed by atoms with E-state index in [4.69, 9.17) is 4.74 Å². The van der Waals surface area contributed by atoms with Crippen LogP contribution < -0.4 is 4.74 Å². The number of nitrogens with zero attached hydrogens (tertiary/aromatic N) is 5. The molecule has 0 radical (unpaired) electrons. The van der Waals surface area contributed by atoms with Gasteiger partial charge >= 0.3 is 0 Å². The first-order valence-corrected chi connectivity index (χ1v) is 9.13. The van der Waals surface area contributed by atoms with Crippen LogP contribution in [0.25, 0.3) is 22.3 Å². The molecule has 0 amide bonds. The Labute approximate surface area is 152 Å². The highest BCUT2D eigenvalue weighted by Crippen LogP contribution is 2.23. The number of pyridine rings is 1. The van der Waals surface area contributed by atoms with Gasteiger partial charge in [-0.15, -0.1) is 0 Å². The van der Waals surface area contributed by atoms with Crippen molar-refractivity contribution in [3.8, 4) is 17.1 Å². The van der Waals surface area contributed by atoms with Crippen molar-refractivity contribution < 1.29 is 4.74 Å². The third kappa shape index (κ3) is 3.67. The molecule has 1 aliphatic heterocycles. The summed E-state index contributed by atoms with van der Waals surface area (Å²) in [7, 11) is 2.19. The minimum Gasteiger partial charge on any atom is -0.477 e. The minimum atomic E-state index is 0.569. The number of aromatic nitrogens is 5. The van der Waals surface area contributed by atoms with Gasteiger partial charge in [-0.05, 0) is 58.3 Å². The molecule has 0 spiro atoms. The van der Waals surface area contributed by atoms with E-state index in [0.717, 1.165) is 34.7 Å². The number of aromatic amines is 1. The van der Waals surface area contributed by atoms with Gasteiger partial charge in [-0.25, -0.2) is 9.97 Å². The molecule has 136 valence electrons. The molecule has 7 heteroatoms. The maximum absolute atomic E-state index is 5.87. The van der Waals surface area contributed by atoms with E-state index in [1.54, 1.807) is 18.6 Å². The number of hydrogen-bond acceptors (Lipinski definition) is 6. The molecule has 26 heavy (non-hydrogen) atoms. The largest absolute Gasteiger partial charge is 0.477 e. The lowest BCUT2D eigenvalue weighted by Gasteiger charge is -2.28. The fourth-order valence-electron chi connectivity index (χ4n) is 3.40. The molecule has 3 aromatic rings. The number of piperidine rings is 1. The number of H-pyrrole nitrogens is 1. The first-order valence-electron chi connectivity index (χ1n) is 9.13. The molecule has 4 heterocycles. The van der Waals surface area contributed by atoms with Crippen LogP contribution in [0.15, 0.2) is 24.7 Å². The second-order valence-electron chi connectivity index (χ2n) is 7.07. The molecule has 0 saturated carbocycles. The number of nitrogens with one attached hydrogen (secondary N) is 1. The highest BCUT2D eigenvalue weighted by molar-refractivity contribution is 5.82. The van der Waals surface area contributed by atoms with E-state index in [-0.39, 0.29) is 0 Å². The number of ether oxygens (including phenoxy) is 1. The van der Waals surface area contributed by atoms with Crippen molar-refractivity contribution in [1.82, 2.24) is 30.0 Å². The minimum absolute atomic E-state index is 0.569. The molecule has 1 N–H and O–H groups in total. The average Bonchev–Trinajstić information content (AvgIpc) is 3.04. The van der Waals surface area contributed by atoms with Crippen molar-refractivity contribution in [3.05, 3.63) is 30.4 Å². The smallest absolute Gasteiger partial charge is 0.232 e. The normalized spacial score (nSPS) is 16.2. The first-order chi connectivity index (χ1) is 12.7. The van der Waals surface area contributed by atoms with Gasteiger partial charge in [0.25, 0.3) is 0 Å². The summed E-state index contributed by atoms with van der Waals surface area (Å²) < 4.78 is 5.87. The van der Waals surface area contributed by atoms with Crippen molar-refractivity contribution in [2.45, 2.75) is 26.2 Å². The van der Waals surface area contributed by atoms with Crippen molar-refractivity contribution in [1.29, 1.82) is 0 Å². The molecule has 0 unspecified atom stereocenters. The lowest BCUT2D eigenvalue weighted by atomic mass is 9.94. The van der Waals surface area contributed by atoms with Gasteiger partial charge in [0, 0.05) is 22.8 Å². The van der Waals surface area contributed by atoms with Crippen LogP contribution in [0.2, 0.25) is 0 Å². The Morgan fingerprint density at radius 1 is 1.23 bits per heavy atom. The van der Waals surface area contributed by atoms with Crippen LogP contribution in [0.1, 0.15) is 25.0 Å². The number of likely N-dealkylation sites (tertiary alicyclic amines) is 1. The van der Waals surface area contributed by atoms with Crippen LogP contribution in [0.4, 0.5) is 0 Å². The zero-order valence-electron chi connectivity index (χ0n) is 15.3. The monoisotopic (exact) mass is 352 g/mol. The summed E-state index contributed by atoms with van der Waals surface area (Å²) in [4.78, 5) is 15.6. The van der Waals surface area contributed by atoms with Gasteiger partial charge in [-0.1, -0.05) is 0 Å². The summed E-state index contributed by atoms with van der Waals surface area (Å²) in [5.41, 5.74) is 3.38. The van der Waals surface area contributed by atoms with E-state index in [0.29, 0.717) is 18.1 Å². The van der Waals surface area contributed by atoms with E-state index in [9.17, 15) is 0 Å². The standard InChI is InChI=1S/C19H24N6O/c1-13-16-9-15(10-21-19(16)24-23-13)17-11-20-12-18(22-17)26-8-5-14-3-6-25(2)7-4-14/h9-12,14H,3-8H2,1-2H3,(H,21,23,24). The first kappa shape index (κ1) is 16.9. The van der Waals surface area contributed by atoms with Gasteiger partial charge in [0.2, 0.25) is 5.88 Å². The lowest BCUT2D eigenvalue weighted by molar-refractivity contribution is 0.185. The Morgan fingerprint density at radius 3 is 2.92 bits per heavy atom. The second kappa shape index (κ2) is 7.37. The Balaban J connectivity index is 1.41. The van der Waals surface area contributed by atoms with Gasteiger partial charge in [0.15, 0.2) is 5.65 Å². The van der Waals surface area contributed by atoms with Crippen molar-refractivity contribution in [3.63, 3.8) is 0 Å². The molecular weight excluding hydrogens is 328 g/mol. The molecule has 3 aromatic heterocycles. The van der Waals surface area contributed by atoms with E-state index in [2.05, 4.69) is 37.1 Å². The van der Waals surface area contributed by atoms with E-state index >= 15 is 0 Å². The SMILES string of the molecule is Cc1[nH]nc2ncc(-c3cncc(OCCC4CCN(C)CC4)n3)cc12. The Bertz CT molecular complexity index is 885. The van der Waals surface area contributed by atoms with Crippen molar-refractivity contribution in [2.75, 3.05) is 26.7 Å². The number of rotatable bonds is 5. The van der Waals surface area contributed by atoms with E-state index in [1.807, 2.05) is 13.0 Å². The highest BCUT2D eigenvalue weighted by atomic mass is 16.5. The molecular formula is C19H24N6O. The Kier molecular flexibility index (Phi) is 4.79. The fraction of sp³-hybridized carbons (Fsp3) is 0.474. The quantitative estimate of drug-likeness (QED) is 0.760. The summed E-state index contributed by atoms with van der Waals surface area (Å²) in [6.07, 6.45) is 8.76. The zero-order valence-corrected chi connectivity index (χ0v) is 15.3. The molecule has 1 saturated heterocycles. The van der Waals surface area contributed by atoms with Gasteiger partial charge < -0.3 is 9.64 Å². The summed E-state index contributed by atoms with van der Waals surface area (Å²) in [5, 5.41) is 8.11. The van der Waals surface area contributed by atoms with Gasteiger partial charge in [-0.3, -0.25) is 10.1 Å². The molecule has 4 rings (SSSR count). The van der Waals surface area contributed by atoms with E-state index in [1.165, 1.54) is 25.9 Å². The van der Waals surface area contributed by atoms with Crippen molar-refractivity contribution in [2.24, 2.45) is 5.92 Å². The number of hydrogen-bond donors (Lipinski definition) is 1. The Morgan fingerprint density at radius 2 is 2.08 bits per heavy atom. The summed E-state index contributed by atoms with van der Waals surface area (Å²) in [6, 6.07) is 2.04. The Hall–Kier alpha value is -2.54. The second-order valence-corrected chi connectivity index (χ2v) is 7.07. The highest BCUT2D eigenvalue weighted by Gasteiger charge is 2.16. The maximum atomic E-state index is 5.87. The summed E-state index contributed by atoms with van der Waals surface area (Å²) in [6.45, 7) is 5.03. The zero-order chi connectivity index (χ0) is 17.9. The molecule has 0 atom stereocenters. The molecule has 0 aromatic carbocycles.